The Balaban J connectivity index is 2.05. The van der Waals surface area contributed by atoms with Crippen molar-refractivity contribution in [2.75, 3.05) is 6.54 Å². The molecule has 94 valence electrons. The van der Waals surface area contributed by atoms with E-state index in [2.05, 4.69) is 23.1 Å². The van der Waals surface area contributed by atoms with Crippen molar-refractivity contribution in [3.63, 3.8) is 0 Å². The van der Waals surface area contributed by atoms with Gasteiger partial charge in [-0.25, -0.2) is 4.39 Å². The zero-order valence-corrected chi connectivity index (χ0v) is 10.4. The van der Waals surface area contributed by atoms with Gasteiger partial charge in [-0.1, -0.05) is 36.4 Å². The Morgan fingerprint density at radius 1 is 1.16 bits per heavy atom. The average Bonchev–Trinajstić information content (AvgIpc) is 2.78. The highest BCUT2D eigenvalue weighted by molar-refractivity contribution is 5.41. The highest BCUT2D eigenvalue weighted by Gasteiger charge is 2.30. The molecule has 1 unspecified atom stereocenters. The Kier molecular flexibility index (Phi) is 3.02. The van der Waals surface area contributed by atoms with E-state index in [-0.39, 0.29) is 11.9 Å². The zero-order chi connectivity index (χ0) is 13.2. The first-order valence-electron chi connectivity index (χ1n) is 6.24. The topological polar surface area (TPSA) is 27.0 Å². The van der Waals surface area contributed by atoms with Crippen molar-refractivity contribution in [2.24, 2.45) is 0 Å². The number of hydrogen-bond acceptors (Lipinski definition) is 2. The summed E-state index contributed by atoms with van der Waals surface area (Å²) in [5.74, 6) is -0.234. The van der Waals surface area contributed by atoms with Gasteiger partial charge in [-0.3, -0.25) is 4.90 Å². The van der Waals surface area contributed by atoms with Crippen LogP contribution in [0.15, 0.2) is 48.5 Å². The maximum Gasteiger partial charge on any atom is 0.123 e. The molecule has 3 rings (SSSR count). The molecule has 0 amide bonds. The van der Waals surface area contributed by atoms with Crippen molar-refractivity contribution >= 4 is 0 Å². The number of nitrogens with zero attached hydrogens (tertiary/aromatic N) is 2. The smallest absolute Gasteiger partial charge is 0.123 e. The van der Waals surface area contributed by atoms with Crippen molar-refractivity contribution < 1.29 is 4.39 Å². The molecule has 0 bridgehead atoms. The number of benzene rings is 2. The van der Waals surface area contributed by atoms with Gasteiger partial charge in [0.05, 0.1) is 18.7 Å². The normalized spacial score (nSPS) is 18.0. The molecule has 2 aromatic carbocycles. The summed E-state index contributed by atoms with van der Waals surface area (Å²) >= 11 is 0. The predicted molar refractivity (Wildman–Crippen MR) is 70.7 cm³/mol. The van der Waals surface area contributed by atoms with Gasteiger partial charge in [-0.15, -0.1) is 0 Å². The predicted octanol–water partition coefficient (Wildman–Crippen LogP) is 3.25. The summed E-state index contributed by atoms with van der Waals surface area (Å²) in [6.45, 7) is 1.14. The Labute approximate surface area is 111 Å². The summed E-state index contributed by atoms with van der Waals surface area (Å²) in [6, 6.07) is 17.0. The van der Waals surface area contributed by atoms with E-state index in [4.69, 9.17) is 5.26 Å². The first kappa shape index (κ1) is 11.9. The molecule has 0 aromatic heterocycles. The van der Waals surface area contributed by atoms with Crippen LogP contribution in [0, 0.1) is 17.1 Å². The molecule has 1 heterocycles. The third-order valence-electron chi connectivity index (χ3n) is 3.55. The zero-order valence-electron chi connectivity index (χ0n) is 10.4. The van der Waals surface area contributed by atoms with Gasteiger partial charge in [-0.05, 0) is 28.8 Å². The van der Waals surface area contributed by atoms with Crippen molar-refractivity contribution in [2.45, 2.75) is 12.6 Å². The van der Waals surface area contributed by atoms with Gasteiger partial charge in [-0.2, -0.15) is 5.26 Å². The first-order chi connectivity index (χ1) is 9.29. The molecule has 1 aliphatic heterocycles. The van der Waals surface area contributed by atoms with E-state index in [0.717, 1.165) is 12.1 Å². The Bertz CT molecular complexity index is 628. The van der Waals surface area contributed by atoms with Crippen LogP contribution in [-0.2, 0) is 6.54 Å². The van der Waals surface area contributed by atoms with Crippen molar-refractivity contribution in [3.05, 3.63) is 71.0 Å². The maximum absolute atomic E-state index is 13.0. The molecular formula is C16H13FN2. The molecule has 1 atom stereocenters. The van der Waals surface area contributed by atoms with Crippen LogP contribution in [0.25, 0.3) is 0 Å². The highest BCUT2D eigenvalue weighted by atomic mass is 19.1. The second-order valence-corrected chi connectivity index (χ2v) is 4.72. The fraction of sp³-hybridized carbons (Fsp3) is 0.188. The van der Waals surface area contributed by atoms with Crippen LogP contribution >= 0.6 is 0 Å². The van der Waals surface area contributed by atoms with Gasteiger partial charge in [0.2, 0.25) is 0 Å². The fourth-order valence-electron chi connectivity index (χ4n) is 2.73. The molecule has 19 heavy (non-hydrogen) atoms. The van der Waals surface area contributed by atoms with Crippen LogP contribution in [0.4, 0.5) is 4.39 Å². The summed E-state index contributed by atoms with van der Waals surface area (Å²) < 4.78 is 13.0. The van der Waals surface area contributed by atoms with Crippen LogP contribution in [0.3, 0.4) is 0 Å². The van der Waals surface area contributed by atoms with Crippen molar-refractivity contribution in [3.8, 4) is 6.07 Å². The standard InChI is InChI=1S/C16H13FN2/c17-14-7-5-12(6-8-14)16-15-4-2-1-3-13(15)11-19(16)10-9-18/h1-8,16H,10-11H2. The Hall–Kier alpha value is -2.18. The third kappa shape index (κ3) is 2.11. The highest BCUT2D eigenvalue weighted by Crippen LogP contribution is 2.37. The molecule has 0 aliphatic carbocycles. The Morgan fingerprint density at radius 3 is 2.63 bits per heavy atom. The van der Waals surface area contributed by atoms with E-state index >= 15 is 0 Å². The average molecular weight is 252 g/mol. The number of hydrogen-bond donors (Lipinski definition) is 0. The van der Waals surface area contributed by atoms with E-state index < -0.39 is 0 Å². The number of fused-ring (bicyclic) bond motifs is 1. The van der Waals surface area contributed by atoms with E-state index in [1.54, 1.807) is 12.1 Å². The van der Waals surface area contributed by atoms with Crippen molar-refractivity contribution in [1.29, 1.82) is 5.26 Å². The molecule has 1 aliphatic rings. The summed E-state index contributed by atoms with van der Waals surface area (Å²) in [4.78, 5) is 2.11. The second-order valence-electron chi connectivity index (χ2n) is 4.72. The Morgan fingerprint density at radius 2 is 1.89 bits per heavy atom. The maximum atomic E-state index is 13.0. The summed E-state index contributed by atoms with van der Waals surface area (Å²) in [6.07, 6.45) is 0. The van der Waals surface area contributed by atoms with E-state index in [0.29, 0.717) is 6.54 Å². The number of rotatable bonds is 2. The van der Waals surface area contributed by atoms with Crippen LogP contribution in [-0.4, -0.2) is 11.4 Å². The lowest BCUT2D eigenvalue weighted by Gasteiger charge is -2.22. The van der Waals surface area contributed by atoms with Gasteiger partial charge < -0.3 is 0 Å². The lowest BCUT2D eigenvalue weighted by molar-refractivity contribution is 0.275. The molecule has 2 aromatic rings. The molecule has 0 spiro atoms. The minimum absolute atomic E-state index is 0.0523. The molecule has 3 heteroatoms. The van der Waals surface area contributed by atoms with Crippen LogP contribution in [0.1, 0.15) is 22.7 Å². The quantitative estimate of drug-likeness (QED) is 0.767. The van der Waals surface area contributed by atoms with Crippen LogP contribution < -0.4 is 0 Å². The molecule has 0 radical (unpaired) electrons. The molecule has 2 nitrogen and oxygen atoms in total. The molecular weight excluding hydrogens is 239 g/mol. The van der Waals surface area contributed by atoms with Gasteiger partial charge in [0.15, 0.2) is 0 Å². The van der Waals surface area contributed by atoms with Gasteiger partial charge in [0, 0.05) is 6.54 Å². The van der Waals surface area contributed by atoms with Crippen molar-refractivity contribution in [1.82, 2.24) is 4.90 Å². The van der Waals surface area contributed by atoms with Crippen LogP contribution in [0.5, 0.6) is 0 Å². The lowest BCUT2D eigenvalue weighted by atomic mass is 9.98. The third-order valence-corrected chi connectivity index (χ3v) is 3.55. The second kappa shape index (κ2) is 4.83. The molecule has 0 fully saturated rings. The molecule has 0 N–H and O–H groups in total. The number of nitriles is 1. The van der Waals surface area contributed by atoms with E-state index in [1.165, 1.54) is 23.3 Å². The molecule has 0 saturated carbocycles. The summed E-state index contributed by atoms with van der Waals surface area (Å²) in [5.41, 5.74) is 3.48. The van der Waals surface area contributed by atoms with Crippen LogP contribution in [0.2, 0.25) is 0 Å². The summed E-state index contributed by atoms with van der Waals surface area (Å²) in [5, 5.41) is 8.96. The van der Waals surface area contributed by atoms with Gasteiger partial charge in [0.1, 0.15) is 5.82 Å². The lowest BCUT2D eigenvalue weighted by Crippen LogP contribution is -2.23. The van der Waals surface area contributed by atoms with E-state index in [9.17, 15) is 4.39 Å². The van der Waals surface area contributed by atoms with Gasteiger partial charge >= 0.3 is 0 Å². The summed E-state index contributed by atoms with van der Waals surface area (Å²) in [7, 11) is 0. The minimum Gasteiger partial charge on any atom is -0.275 e. The fourth-order valence-corrected chi connectivity index (χ4v) is 2.73. The number of halogens is 1. The SMILES string of the molecule is N#CCN1Cc2ccccc2C1c1ccc(F)cc1. The minimum atomic E-state index is -0.234. The molecule has 0 saturated heterocycles. The van der Waals surface area contributed by atoms with Gasteiger partial charge in [0.25, 0.3) is 0 Å². The monoisotopic (exact) mass is 252 g/mol. The first-order valence-corrected chi connectivity index (χ1v) is 6.24. The van der Waals surface area contributed by atoms with E-state index in [1.807, 2.05) is 12.1 Å². The largest absolute Gasteiger partial charge is 0.275 e.